The molecule has 2 heteroatoms. The number of carbonyl (C=O) groups is 1. The number of rotatable bonds is 3. The molecule has 0 heterocycles. The van der Waals surface area contributed by atoms with Gasteiger partial charge in [0.25, 0.3) is 0 Å². The topological polar surface area (TPSA) is 26.3 Å². The molecule has 1 aliphatic rings. The van der Waals surface area contributed by atoms with Crippen LogP contribution in [0.3, 0.4) is 0 Å². The molecule has 0 aliphatic heterocycles. The summed E-state index contributed by atoms with van der Waals surface area (Å²) in [5, 5.41) is 0. The van der Waals surface area contributed by atoms with Crippen LogP contribution >= 0.6 is 0 Å². The minimum Gasteiger partial charge on any atom is -0.459 e. The van der Waals surface area contributed by atoms with Crippen molar-refractivity contribution >= 4 is 5.97 Å². The molecule has 1 aliphatic carbocycles. The van der Waals surface area contributed by atoms with Crippen LogP contribution in [0.25, 0.3) is 0 Å². The first-order valence-corrected chi connectivity index (χ1v) is 5.51. The summed E-state index contributed by atoms with van der Waals surface area (Å²) in [5.41, 5.74) is 0.505. The Kier molecular flexibility index (Phi) is 4.18. The van der Waals surface area contributed by atoms with Gasteiger partial charge in [-0.25, -0.2) is 4.79 Å². The van der Waals surface area contributed by atoms with Crippen molar-refractivity contribution in [1.29, 1.82) is 0 Å². The Morgan fingerprint density at radius 3 is 2.64 bits per heavy atom. The highest BCUT2D eigenvalue weighted by molar-refractivity contribution is 5.87. The number of esters is 1. The third-order valence-corrected chi connectivity index (χ3v) is 2.97. The smallest absolute Gasteiger partial charge is 0.333 e. The first kappa shape index (κ1) is 11.3. The third-order valence-electron chi connectivity index (χ3n) is 2.97. The average molecular weight is 196 g/mol. The van der Waals surface area contributed by atoms with E-state index in [0.717, 1.165) is 12.8 Å². The van der Waals surface area contributed by atoms with E-state index < -0.39 is 0 Å². The molecule has 1 fully saturated rings. The van der Waals surface area contributed by atoms with Gasteiger partial charge in [-0.05, 0) is 38.5 Å². The predicted molar refractivity (Wildman–Crippen MR) is 56.9 cm³/mol. The fourth-order valence-corrected chi connectivity index (χ4v) is 2.03. The van der Waals surface area contributed by atoms with Gasteiger partial charge in [0, 0.05) is 5.57 Å². The summed E-state index contributed by atoms with van der Waals surface area (Å²) in [4.78, 5) is 11.4. The third kappa shape index (κ3) is 2.86. The number of ether oxygens (including phenoxy) is 1. The van der Waals surface area contributed by atoms with Gasteiger partial charge in [0.05, 0.1) is 0 Å². The maximum atomic E-state index is 11.4. The lowest BCUT2D eigenvalue weighted by Gasteiger charge is -2.30. The van der Waals surface area contributed by atoms with E-state index in [4.69, 9.17) is 4.74 Å². The van der Waals surface area contributed by atoms with Crippen molar-refractivity contribution in [3.63, 3.8) is 0 Å². The second-order valence-corrected chi connectivity index (χ2v) is 4.18. The van der Waals surface area contributed by atoms with Crippen molar-refractivity contribution in [2.24, 2.45) is 5.92 Å². The summed E-state index contributed by atoms with van der Waals surface area (Å²) in [6.07, 6.45) is 5.93. The van der Waals surface area contributed by atoms with Crippen LogP contribution in [0.1, 0.15) is 46.0 Å². The number of hydrogen-bond donors (Lipinski definition) is 0. The minimum absolute atomic E-state index is 0.137. The molecule has 2 atom stereocenters. The molecule has 1 rings (SSSR count). The van der Waals surface area contributed by atoms with E-state index in [0.29, 0.717) is 11.5 Å². The largest absolute Gasteiger partial charge is 0.459 e. The maximum absolute atomic E-state index is 11.4. The normalized spacial score (nSPS) is 27.0. The predicted octanol–water partition coefficient (Wildman–Crippen LogP) is 3.07. The van der Waals surface area contributed by atoms with Crippen molar-refractivity contribution in [2.45, 2.75) is 52.1 Å². The second-order valence-electron chi connectivity index (χ2n) is 4.18. The van der Waals surface area contributed by atoms with Crippen molar-refractivity contribution in [1.82, 2.24) is 0 Å². The van der Waals surface area contributed by atoms with Crippen LogP contribution in [0.5, 0.6) is 0 Å². The van der Waals surface area contributed by atoms with Gasteiger partial charge in [0.2, 0.25) is 0 Å². The van der Waals surface area contributed by atoms with E-state index in [-0.39, 0.29) is 12.1 Å². The molecule has 14 heavy (non-hydrogen) atoms. The van der Waals surface area contributed by atoms with Crippen LogP contribution in [-0.4, -0.2) is 12.1 Å². The molecule has 0 aromatic carbocycles. The lowest BCUT2D eigenvalue weighted by Crippen LogP contribution is -2.29. The highest BCUT2D eigenvalue weighted by Gasteiger charge is 2.26. The van der Waals surface area contributed by atoms with Gasteiger partial charge in [-0.15, -0.1) is 0 Å². The molecule has 0 N–H and O–H groups in total. The summed E-state index contributed by atoms with van der Waals surface area (Å²) in [7, 11) is 0. The second kappa shape index (κ2) is 5.18. The van der Waals surface area contributed by atoms with Crippen molar-refractivity contribution in [3.05, 3.63) is 12.2 Å². The van der Waals surface area contributed by atoms with E-state index >= 15 is 0 Å². The van der Waals surface area contributed by atoms with Crippen LogP contribution in [0.4, 0.5) is 0 Å². The van der Waals surface area contributed by atoms with Gasteiger partial charge < -0.3 is 4.74 Å². The monoisotopic (exact) mass is 196 g/mol. The van der Waals surface area contributed by atoms with Gasteiger partial charge in [-0.2, -0.15) is 0 Å². The van der Waals surface area contributed by atoms with Crippen LogP contribution in [0.2, 0.25) is 0 Å². The Morgan fingerprint density at radius 1 is 1.43 bits per heavy atom. The molecular weight excluding hydrogens is 176 g/mol. The average Bonchev–Trinajstić information content (AvgIpc) is 2.18. The molecule has 0 amide bonds. The molecule has 0 radical (unpaired) electrons. The first-order chi connectivity index (χ1) is 6.65. The molecule has 0 bridgehead atoms. The molecule has 1 saturated carbocycles. The molecule has 2 nitrogen and oxygen atoms in total. The Balaban J connectivity index is 2.48. The molecule has 0 aromatic rings. The Hall–Kier alpha value is -0.790. The highest BCUT2D eigenvalue weighted by atomic mass is 16.5. The van der Waals surface area contributed by atoms with Crippen molar-refractivity contribution in [2.75, 3.05) is 0 Å². The lowest BCUT2D eigenvalue weighted by atomic mass is 9.85. The number of carbonyl (C=O) groups excluding carboxylic acids is 1. The summed E-state index contributed by atoms with van der Waals surface area (Å²) >= 11 is 0. The Morgan fingerprint density at radius 2 is 2.07 bits per heavy atom. The van der Waals surface area contributed by atoms with Gasteiger partial charge in [0.15, 0.2) is 0 Å². The fourth-order valence-electron chi connectivity index (χ4n) is 2.03. The van der Waals surface area contributed by atoms with E-state index in [2.05, 4.69) is 13.5 Å². The molecular formula is C12H20O2. The van der Waals surface area contributed by atoms with Crippen LogP contribution < -0.4 is 0 Å². The number of hydrogen-bond acceptors (Lipinski definition) is 2. The molecule has 0 aromatic heterocycles. The van der Waals surface area contributed by atoms with Gasteiger partial charge in [0.1, 0.15) is 6.10 Å². The van der Waals surface area contributed by atoms with E-state index in [1.807, 2.05) is 0 Å². The zero-order chi connectivity index (χ0) is 10.6. The van der Waals surface area contributed by atoms with Crippen LogP contribution in [0, 0.1) is 5.92 Å². The standard InChI is InChI=1S/C12H20O2/c1-4-10-7-5-6-8-11(10)14-12(13)9(2)3/h10-11H,2,4-8H2,1,3H3. The highest BCUT2D eigenvalue weighted by Crippen LogP contribution is 2.29. The van der Waals surface area contributed by atoms with Gasteiger partial charge in [-0.3, -0.25) is 0 Å². The molecule has 0 saturated heterocycles. The molecule has 80 valence electrons. The van der Waals surface area contributed by atoms with Crippen LogP contribution in [-0.2, 0) is 9.53 Å². The van der Waals surface area contributed by atoms with Gasteiger partial charge in [-0.1, -0.05) is 19.9 Å². The zero-order valence-electron chi connectivity index (χ0n) is 9.21. The quantitative estimate of drug-likeness (QED) is 0.512. The summed E-state index contributed by atoms with van der Waals surface area (Å²) in [6, 6.07) is 0. The fraction of sp³-hybridized carbons (Fsp3) is 0.750. The molecule has 0 spiro atoms. The summed E-state index contributed by atoms with van der Waals surface area (Å²) in [6.45, 7) is 7.46. The van der Waals surface area contributed by atoms with E-state index in [9.17, 15) is 4.79 Å². The Bertz CT molecular complexity index is 220. The zero-order valence-corrected chi connectivity index (χ0v) is 9.21. The summed E-state index contributed by atoms with van der Waals surface area (Å²) in [5.74, 6) is 0.336. The van der Waals surface area contributed by atoms with E-state index in [1.165, 1.54) is 19.3 Å². The SMILES string of the molecule is C=C(C)C(=O)OC1CCCCC1CC. The minimum atomic E-state index is -0.227. The maximum Gasteiger partial charge on any atom is 0.333 e. The Labute approximate surface area is 86.3 Å². The van der Waals surface area contributed by atoms with Crippen molar-refractivity contribution < 1.29 is 9.53 Å². The lowest BCUT2D eigenvalue weighted by molar-refractivity contribution is -0.148. The van der Waals surface area contributed by atoms with E-state index in [1.54, 1.807) is 6.92 Å². The molecule has 2 unspecified atom stereocenters. The van der Waals surface area contributed by atoms with Crippen molar-refractivity contribution in [3.8, 4) is 0 Å². The first-order valence-electron chi connectivity index (χ1n) is 5.51. The van der Waals surface area contributed by atoms with Gasteiger partial charge >= 0.3 is 5.97 Å². The van der Waals surface area contributed by atoms with Crippen LogP contribution in [0.15, 0.2) is 12.2 Å². The summed E-state index contributed by atoms with van der Waals surface area (Å²) < 4.78 is 5.42.